The van der Waals surface area contributed by atoms with Gasteiger partial charge in [-0.3, -0.25) is 4.99 Å². The number of aliphatic imine (C=N–C) groups is 1. The minimum Gasteiger partial charge on any atom is -0.356 e. The number of aromatic nitrogens is 1. The molecule has 2 heterocycles. The average Bonchev–Trinajstić information content (AvgIpc) is 3.05. The van der Waals surface area contributed by atoms with Crippen LogP contribution in [0.4, 0.5) is 0 Å². The summed E-state index contributed by atoms with van der Waals surface area (Å²) in [5, 5.41) is 8.84. The lowest BCUT2D eigenvalue weighted by atomic mass is 10.3. The Labute approximate surface area is 157 Å². The van der Waals surface area contributed by atoms with Gasteiger partial charge in [-0.1, -0.05) is 0 Å². The summed E-state index contributed by atoms with van der Waals surface area (Å²) in [5.41, 5.74) is 2.47. The smallest absolute Gasteiger partial charge is 0.193 e. The van der Waals surface area contributed by atoms with Crippen LogP contribution in [0.1, 0.15) is 21.1 Å². The number of nitrogens with one attached hydrogen (secondary N) is 1. The van der Waals surface area contributed by atoms with Crippen LogP contribution in [0.15, 0.2) is 21.8 Å². The maximum Gasteiger partial charge on any atom is 0.193 e. The van der Waals surface area contributed by atoms with E-state index in [1.807, 2.05) is 7.05 Å². The van der Waals surface area contributed by atoms with Crippen LogP contribution in [0.2, 0.25) is 0 Å². The van der Waals surface area contributed by atoms with Crippen molar-refractivity contribution in [3.8, 4) is 0 Å². The van der Waals surface area contributed by atoms with E-state index < -0.39 is 0 Å². The first kappa shape index (κ1) is 19.4. The van der Waals surface area contributed by atoms with E-state index in [0.717, 1.165) is 36.2 Å². The quantitative estimate of drug-likeness (QED) is 0.429. The van der Waals surface area contributed by atoms with Gasteiger partial charge in [0.1, 0.15) is 0 Å². The van der Waals surface area contributed by atoms with Gasteiger partial charge in [0.2, 0.25) is 0 Å². The molecule has 0 amide bonds. The summed E-state index contributed by atoms with van der Waals surface area (Å²) in [5.74, 6) is 0.931. The molecular weight excluding hydrogens is 427 g/mol. The van der Waals surface area contributed by atoms with Crippen molar-refractivity contribution < 1.29 is 0 Å². The van der Waals surface area contributed by atoms with E-state index in [2.05, 4.69) is 57.9 Å². The summed E-state index contributed by atoms with van der Waals surface area (Å²) in [6.45, 7) is 5.89. The summed E-state index contributed by atoms with van der Waals surface area (Å²) in [4.78, 5) is 12.3. The van der Waals surface area contributed by atoms with Gasteiger partial charge in [0.15, 0.2) is 5.96 Å². The van der Waals surface area contributed by atoms with Gasteiger partial charge in [0.25, 0.3) is 0 Å². The van der Waals surface area contributed by atoms with E-state index in [1.165, 1.54) is 10.4 Å². The van der Waals surface area contributed by atoms with E-state index >= 15 is 0 Å². The minimum absolute atomic E-state index is 0. The molecule has 0 aliphatic heterocycles. The molecule has 0 radical (unpaired) electrons. The number of thiophene rings is 1. The van der Waals surface area contributed by atoms with Gasteiger partial charge < -0.3 is 10.2 Å². The molecule has 0 aliphatic carbocycles. The van der Waals surface area contributed by atoms with E-state index in [9.17, 15) is 0 Å². The zero-order valence-electron chi connectivity index (χ0n) is 13.4. The molecular formula is C15H23IN4S2. The molecule has 0 atom stereocenters. The lowest BCUT2D eigenvalue weighted by molar-refractivity contribution is 0.478. The summed E-state index contributed by atoms with van der Waals surface area (Å²) >= 11 is 3.51. The van der Waals surface area contributed by atoms with Crippen LogP contribution in [0.3, 0.4) is 0 Å². The SMILES string of the molecule is CN=C(NCCc1sc(C)nc1C)N(C)Cc1ccsc1.I. The Kier molecular flexibility index (Phi) is 8.34. The normalized spacial score (nSPS) is 11.2. The van der Waals surface area contributed by atoms with Crippen molar-refractivity contribution >= 4 is 52.6 Å². The van der Waals surface area contributed by atoms with Gasteiger partial charge in [-0.15, -0.1) is 35.3 Å². The average molecular weight is 450 g/mol. The monoisotopic (exact) mass is 450 g/mol. The van der Waals surface area contributed by atoms with Crippen LogP contribution in [-0.2, 0) is 13.0 Å². The molecule has 7 heteroatoms. The van der Waals surface area contributed by atoms with Crippen LogP contribution in [0.5, 0.6) is 0 Å². The maximum absolute atomic E-state index is 4.47. The van der Waals surface area contributed by atoms with Crippen molar-refractivity contribution in [2.45, 2.75) is 26.8 Å². The lowest BCUT2D eigenvalue weighted by Gasteiger charge is -2.21. The van der Waals surface area contributed by atoms with Crippen molar-refractivity contribution in [2.24, 2.45) is 4.99 Å². The zero-order chi connectivity index (χ0) is 15.2. The first-order valence-electron chi connectivity index (χ1n) is 6.96. The highest BCUT2D eigenvalue weighted by Gasteiger charge is 2.08. The predicted octanol–water partition coefficient (Wildman–Crippen LogP) is 3.69. The fraction of sp³-hybridized carbons (Fsp3) is 0.467. The third-order valence-electron chi connectivity index (χ3n) is 3.21. The largest absolute Gasteiger partial charge is 0.356 e. The third kappa shape index (κ3) is 5.51. The first-order chi connectivity index (χ1) is 10.1. The Bertz CT molecular complexity index is 593. The standard InChI is InChI=1S/C15H22N4S2.HI/c1-11-14(21-12(2)18-11)5-7-17-15(16-3)19(4)9-13-6-8-20-10-13;/h6,8,10H,5,7,9H2,1-4H3,(H,16,17);1H. The Morgan fingerprint density at radius 2 is 2.18 bits per heavy atom. The molecule has 0 saturated carbocycles. The number of hydrogen-bond acceptors (Lipinski definition) is 4. The van der Waals surface area contributed by atoms with Crippen molar-refractivity contribution in [1.82, 2.24) is 15.2 Å². The highest BCUT2D eigenvalue weighted by atomic mass is 127. The fourth-order valence-corrected chi connectivity index (χ4v) is 3.81. The molecule has 0 unspecified atom stereocenters. The molecule has 4 nitrogen and oxygen atoms in total. The number of guanidine groups is 1. The highest BCUT2D eigenvalue weighted by molar-refractivity contribution is 14.0. The van der Waals surface area contributed by atoms with Crippen LogP contribution in [0, 0.1) is 13.8 Å². The maximum atomic E-state index is 4.47. The summed E-state index contributed by atoms with van der Waals surface area (Å²) < 4.78 is 0. The van der Waals surface area contributed by atoms with Crippen molar-refractivity contribution in [3.63, 3.8) is 0 Å². The Balaban J connectivity index is 0.00000242. The van der Waals surface area contributed by atoms with Gasteiger partial charge in [-0.25, -0.2) is 4.98 Å². The van der Waals surface area contributed by atoms with E-state index in [4.69, 9.17) is 0 Å². The molecule has 2 rings (SSSR count). The number of halogens is 1. The Hall–Kier alpha value is -0.670. The molecule has 0 saturated heterocycles. The van der Waals surface area contributed by atoms with E-state index in [-0.39, 0.29) is 24.0 Å². The van der Waals surface area contributed by atoms with Gasteiger partial charge in [0, 0.05) is 38.5 Å². The molecule has 0 bridgehead atoms. The van der Waals surface area contributed by atoms with Crippen LogP contribution in [0.25, 0.3) is 0 Å². The fourth-order valence-electron chi connectivity index (χ4n) is 2.21. The minimum atomic E-state index is 0. The first-order valence-corrected chi connectivity index (χ1v) is 8.72. The zero-order valence-corrected chi connectivity index (χ0v) is 17.4. The third-order valence-corrected chi connectivity index (χ3v) is 5.07. The Morgan fingerprint density at radius 1 is 1.41 bits per heavy atom. The highest BCUT2D eigenvalue weighted by Crippen LogP contribution is 2.17. The predicted molar refractivity (Wildman–Crippen MR) is 108 cm³/mol. The van der Waals surface area contributed by atoms with Crippen molar-refractivity contribution in [3.05, 3.63) is 38.0 Å². The molecule has 0 aliphatic rings. The molecule has 0 spiro atoms. The molecule has 1 N–H and O–H groups in total. The van der Waals surface area contributed by atoms with Crippen LogP contribution < -0.4 is 5.32 Å². The van der Waals surface area contributed by atoms with Gasteiger partial charge in [0.05, 0.1) is 10.7 Å². The summed E-state index contributed by atoms with van der Waals surface area (Å²) in [6, 6.07) is 2.15. The van der Waals surface area contributed by atoms with Crippen LogP contribution >= 0.6 is 46.7 Å². The molecule has 0 fully saturated rings. The molecule has 2 aromatic heterocycles. The van der Waals surface area contributed by atoms with E-state index in [0.29, 0.717) is 0 Å². The number of thiazole rings is 1. The summed E-state index contributed by atoms with van der Waals surface area (Å²) in [7, 11) is 3.89. The Morgan fingerprint density at radius 3 is 2.73 bits per heavy atom. The van der Waals surface area contributed by atoms with Gasteiger partial charge in [-0.2, -0.15) is 11.3 Å². The molecule has 0 aromatic carbocycles. The number of nitrogens with zero attached hydrogens (tertiary/aromatic N) is 3. The number of rotatable bonds is 5. The van der Waals surface area contributed by atoms with Crippen molar-refractivity contribution in [1.29, 1.82) is 0 Å². The van der Waals surface area contributed by atoms with E-state index in [1.54, 1.807) is 22.7 Å². The van der Waals surface area contributed by atoms with Crippen LogP contribution in [-0.4, -0.2) is 36.5 Å². The van der Waals surface area contributed by atoms with Gasteiger partial charge >= 0.3 is 0 Å². The number of hydrogen-bond donors (Lipinski definition) is 1. The number of aryl methyl sites for hydroxylation is 2. The summed E-state index contributed by atoms with van der Waals surface area (Å²) in [6.07, 6.45) is 0.989. The second kappa shape index (κ2) is 9.46. The second-order valence-electron chi connectivity index (χ2n) is 4.95. The molecule has 2 aromatic rings. The second-order valence-corrected chi connectivity index (χ2v) is 7.02. The molecule has 122 valence electrons. The van der Waals surface area contributed by atoms with Gasteiger partial charge in [-0.05, 0) is 36.2 Å². The topological polar surface area (TPSA) is 40.5 Å². The lowest BCUT2D eigenvalue weighted by Crippen LogP contribution is -2.39. The molecule has 22 heavy (non-hydrogen) atoms. The van der Waals surface area contributed by atoms with Crippen molar-refractivity contribution in [2.75, 3.05) is 20.6 Å².